The summed E-state index contributed by atoms with van der Waals surface area (Å²) in [5.74, 6) is 0.672. The predicted molar refractivity (Wildman–Crippen MR) is 79.3 cm³/mol. The molecule has 20 heavy (non-hydrogen) atoms. The summed E-state index contributed by atoms with van der Waals surface area (Å²) in [6.07, 6.45) is 0. The van der Waals surface area contributed by atoms with Crippen molar-refractivity contribution in [2.75, 3.05) is 12.0 Å². The molecule has 0 unspecified atom stereocenters. The molecule has 1 heterocycles. The van der Waals surface area contributed by atoms with Crippen LogP contribution in [0.4, 0.5) is 5.69 Å². The van der Waals surface area contributed by atoms with Gasteiger partial charge in [0.15, 0.2) is 0 Å². The van der Waals surface area contributed by atoms with E-state index in [1.54, 1.807) is 12.0 Å². The first-order valence-electron chi connectivity index (χ1n) is 6.39. The number of halogens is 1. The number of ether oxygens (including phenoxy) is 1. The van der Waals surface area contributed by atoms with Crippen LogP contribution in [0, 0.1) is 0 Å². The SMILES string of the molecule is COc1ccccc1[C@@H]1[C@@H](Cl)C(=O)N1c1ccccc1. The Morgan fingerprint density at radius 3 is 2.40 bits per heavy atom. The van der Waals surface area contributed by atoms with Gasteiger partial charge in [0.1, 0.15) is 11.1 Å². The van der Waals surface area contributed by atoms with Gasteiger partial charge in [0.05, 0.1) is 13.2 Å². The van der Waals surface area contributed by atoms with Crippen molar-refractivity contribution in [2.45, 2.75) is 11.4 Å². The Morgan fingerprint density at radius 1 is 1.05 bits per heavy atom. The highest BCUT2D eigenvalue weighted by atomic mass is 35.5. The highest BCUT2D eigenvalue weighted by molar-refractivity contribution is 6.37. The van der Waals surface area contributed by atoms with Crippen LogP contribution in [0.3, 0.4) is 0 Å². The number of para-hydroxylation sites is 2. The summed E-state index contributed by atoms with van der Waals surface area (Å²) in [5.41, 5.74) is 1.78. The molecule has 3 nitrogen and oxygen atoms in total. The molecule has 0 N–H and O–H groups in total. The van der Waals surface area contributed by atoms with E-state index in [1.165, 1.54) is 0 Å². The van der Waals surface area contributed by atoms with Crippen LogP contribution in [-0.4, -0.2) is 18.4 Å². The lowest BCUT2D eigenvalue weighted by Gasteiger charge is -2.44. The molecule has 1 fully saturated rings. The van der Waals surface area contributed by atoms with Crippen molar-refractivity contribution >= 4 is 23.2 Å². The van der Waals surface area contributed by atoms with Gasteiger partial charge in [-0.15, -0.1) is 11.6 Å². The molecule has 2 aromatic rings. The summed E-state index contributed by atoms with van der Waals surface area (Å²) in [4.78, 5) is 13.8. The molecule has 2 aromatic carbocycles. The van der Waals surface area contributed by atoms with Crippen molar-refractivity contribution in [3.05, 3.63) is 60.2 Å². The number of benzene rings is 2. The Hall–Kier alpha value is -2.00. The number of hydrogen-bond donors (Lipinski definition) is 0. The molecule has 1 aliphatic heterocycles. The van der Waals surface area contributed by atoms with Crippen molar-refractivity contribution in [3.8, 4) is 5.75 Å². The van der Waals surface area contributed by atoms with Crippen LogP contribution >= 0.6 is 11.6 Å². The second kappa shape index (κ2) is 5.17. The van der Waals surface area contributed by atoms with Gasteiger partial charge >= 0.3 is 0 Å². The monoisotopic (exact) mass is 287 g/mol. The summed E-state index contributed by atoms with van der Waals surface area (Å²) in [5, 5.41) is -0.550. The van der Waals surface area contributed by atoms with Gasteiger partial charge in [-0.3, -0.25) is 4.79 Å². The number of anilines is 1. The lowest BCUT2D eigenvalue weighted by atomic mass is 9.91. The third-order valence-electron chi connectivity index (χ3n) is 3.52. The van der Waals surface area contributed by atoms with E-state index in [4.69, 9.17) is 16.3 Å². The zero-order valence-corrected chi connectivity index (χ0v) is 11.7. The molecular formula is C16H14ClNO2. The van der Waals surface area contributed by atoms with Crippen molar-refractivity contribution in [3.63, 3.8) is 0 Å². The minimum absolute atomic E-state index is 0.0752. The molecule has 0 spiro atoms. The smallest absolute Gasteiger partial charge is 0.248 e. The van der Waals surface area contributed by atoms with E-state index in [2.05, 4.69) is 0 Å². The first kappa shape index (κ1) is 13.0. The van der Waals surface area contributed by atoms with E-state index >= 15 is 0 Å². The number of amides is 1. The van der Waals surface area contributed by atoms with Crippen molar-refractivity contribution in [2.24, 2.45) is 0 Å². The zero-order valence-electron chi connectivity index (χ0n) is 11.0. The van der Waals surface area contributed by atoms with Crippen molar-refractivity contribution in [1.29, 1.82) is 0 Å². The fraction of sp³-hybridized carbons (Fsp3) is 0.188. The summed E-state index contributed by atoms with van der Waals surface area (Å²) < 4.78 is 5.37. The molecule has 102 valence electrons. The van der Waals surface area contributed by atoms with E-state index in [1.807, 2.05) is 54.6 Å². The molecule has 0 saturated carbocycles. The summed E-state index contributed by atoms with van der Waals surface area (Å²) in [7, 11) is 1.62. The lowest BCUT2D eigenvalue weighted by molar-refractivity contribution is -0.123. The second-order valence-corrected chi connectivity index (χ2v) is 5.10. The molecule has 4 heteroatoms. The van der Waals surface area contributed by atoms with Gasteiger partial charge in [0, 0.05) is 11.3 Å². The molecule has 0 aromatic heterocycles. The van der Waals surface area contributed by atoms with Gasteiger partial charge in [0.2, 0.25) is 5.91 Å². The van der Waals surface area contributed by atoms with Crippen LogP contribution in [0.1, 0.15) is 11.6 Å². The number of rotatable bonds is 3. The van der Waals surface area contributed by atoms with E-state index < -0.39 is 5.38 Å². The van der Waals surface area contributed by atoms with Crippen LogP contribution in [0.25, 0.3) is 0 Å². The van der Waals surface area contributed by atoms with E-state index in [9.17, 15) is 4.79 Å². The molecule has 1 amide bonds. The molecule has 2 atom stereocenters. The third kappa shape index (κ3) is 1.95. The third-order valence-corrected chi connectivity index (χ3v) is 3.95. The van der Waals surface area contributed by atoms with Gasteiger partial charge < -0.3 is 9.64 Å². The largest absolute Gasteiger partial charge is 0.496 e. The molecule has 0 bridgehead atoms. The predicted octanol–water partition coefficient (Wildman–Crippen LogP) is 3.39. The van der Waals surface area contributed by atoms with E-state index in [0.717, 1.165) is 17.0 Å². The Bertz CT molecular complexity index is 629. The highest BCUT2D eigenvalue weighted by Gasteiger charge is 2.48. The molecule has 3 rings (SSSR count). The topological polar surface area (TPSA) is 29.5 Å². The van der Waals surface area contributed by atoms with Crippen molar-refractivity contribution in [1.82, 2.24) is 0 Å². The van der Waals surface area contributed by atoms with Crippen LogP contribution in [0.2, 0.25) is 0 Å². The van der Waals surface area contributed by atoms with Gasteiger partial charge in [0.25, 0.3) is 0 Å². The van der Waals surface area contributed by atoms with Crippen LogP contribution < -0.4 is 9.64 Å². The van der Waals surface area contributed by atoms with Gasteiger partial charge in [-0.2, -0.15) is 0 Å². The molecule has 1 saturated heterocycles. The zero-order chi connectivity index (χ0) is 14.1. The maximum absolute atomic E-state index is 12.1. The summed E-state index contributed by atoms with van der Waals surface area (Å²) >= 11 is 6.23. The molecular weight excluding hydrogens is 274 g/mol. The molecule has 0 aliphatic carbocycles. The summed E-state index contributed by atoms with van der Waals surface area (Å²) in [6.45, 7) is 0. The Labute approximate surface area is 122 Å². The number of carbonyl (C=O) groups excluding carboxylic acids is 1. The Kier molecular flexibility index (Phi) is 3.36. The maximum Gasteiger partial charge on any atom is 0.248 e. The number of carbonyl (C=O) groups is 1. The normalized spacial score (nSPS) is 21.5. The first-order valence-corrected chi connectivity index (χ1v) is 6.83. The van der Waals surface area contributed by atoms with Gasteiger partial charge in [-0.1, -0.05) is 36.4 Å². The number of nitrogens with zero attached hydrogens (tertiary/aromatic N) is 1. The minimum atomic E-state index is -0.550. The fourth-order valence-electron chi connectivity index (χ4n) is 2.54. The van der Waals surface area contributed by atoms with Gasteiger partial charge in [-0.05, 0) is 18.2 Å². The average molecular weight is 288 g/mol. The number of alkyl halides is 1. The average Bonchev–Trinajstić information content (AvgIpc) is 2.52. The fourth-order valence-corrected chi connectivity index (χ4v) is 2.89. The number of β-lactam (4-membered cyclic amide) rings is 1. The highest BCUT2D eigenvalue weighted by Crippen LogP contribution is 2.44. The van der Waals surface area contributed by atoms with Crippen LogP contribution in [0.15, 0.2) is 54.6 Å². The second-order valence-electron chi connectivity index (χ2n) is 4.63. The van der Waals surface area contributed by atoms with Gasteiger partial charge in [-0.25, -0.2) is 0 Å². The summed E-state index contributed by atoms with van der Waals surface area (Å²) in [6, 6.07) is 17.0. The Balaban J connectivity index is 2.01. The number of hydrogen-bond acceptors (Lipinski definition) is 2. The minimum Gasteiger partial charge on any atom is -0.496 e. The lowest BCUT2D eigenvalue weighted by Crippen LogP contribution is -2.56. The molecule has 1 aliphatic rings. The van der Waals surface area contributed by atoms with Crippen molar-refractivity contribution < 1.29 is 9.53 Å². The first-order chi connectivity index (χ1) is 9.74. The molecule has 0 radical (unpaired) electrons. The standard InChI is InChI=1S/C16H14ClNO2/c1-20-13-10-6-5-9-12(13)15-14(17)16(19)18(15)11-7-3-2-4-8-11/h2-10,14-15H,1H3/t14-,15-/m1/s1. The van der Waals surface area contributed by atoms with Crippen LogP contribution in [-0.2, 0) is 4.79 Å². The Morgan fingerprint density at radius 2 is 1.70 bits per heavy atom. The van der Waals surface area contributed by atoms with E-state index in [0.29, 0.717) is 0 Å². The number of methoxy groups -OCH3 is 1. The van der Waals surface area contributed by atoms with Crippen LogP contribution in [0.5, 0.6) is 5.75 Å². The quantitative estimate of drug-likeness (QED) is 0.640. The van der Waals surface area contributed by atoms with E-state index in [-0.39, 0.29) is 11.9 Å². The maximum atomic E-state index is 12.1.